The first kappa shape index (κ1) is 20.9. The molecular formula is C18H15N3O6. The van der Waals surface area contributed by atoms with E-state index >= 15 is 0 Å². The smallest absolute Gasteiger partial charge is 0.337 e. The van der Waals surface area contributed by atoms with Crippen molar-refractivity contribution in [2.45, 2.75) is 0 Å². The molecule has 0 saturated carbocycles. The van der Waals surface area contributed by atoms with E-state index < -0.39 is 17.9 Å². The number of carbonyl (C=O) groups is 3. The van der Waals surface area contributed by atoms with Crippen molar-refractivity contribution in [1.29, 1.82) is 0 Å². The third kappa shape index (κ3) is 8.49. The van der Waals surface area contributed by atoms with Crippen molar-refractivity contribution >= 4 is 17.9 Å². The summed E-state index contributed by atoms with van der Waals surface area (Å²) in [6.07, 6.45) is 8.53. The lowest BCUT2D eigenvalue weighted by Gasteiger charge is -1.87. The minimum Gasteiger partial charge on any atom is -0.478 e. The first-order chi connectivity index (χ1) is 12.9. The van der Waals surface area contributed by atoms with Crippen LogP contribution in [-0.2, 0) is 0 Å². The molecule has 0 saturated heterocycles. The van der Waals surface area contributed by atoms with Gasteiger partial charge in [-0.05, 0) is 36.4 Å². The van der Waals surface area contributed by atoms with Crippen molar-refractivity contribution in [3.8, 4) is 0 Å². The van der Waals surface area contributed by atoms with Crippen molar-refractivity contribution < 1.29 is 29.7 Å². The molecule has 0 spiro atoms. The van der Waals surface area contributed by atoms with Gasteiger partial charge in [-0.2, -0.15) is 0 Å². The van der Waals surface area contributed by atoms with Gasteiger partial charge < -0.3 is 15.3 Å². The zero-order valence-electron chi connectivity index (χ0n) is 13.8. The Hall–Kier alpha value is -4.14. The van der Waals surface area contributed by atoms with Gasteiger partial charge in [-0.15, -0.1) is 0 Å². The molecule has 0 fully saturated rings. The minimum absolute atomic E-state index is 0.220. The Balaban J connectivity index is 0.000000202. The number of hydrogen-bond donors (Lipinski definition) is 3. The number of nitrogens with zero attached hydrogens (tertiary/aromatic N) is 3. The maximum atomic E-state index is 10.2. The second-order valence-corrected chi connectivity index (χ2v) is 4.64. The normalized spacial score (nSPS) is 8.89. The molecule has 0 aliphatic carbocycles. The lowest BCUT2D eigenvalue weighted by atomic mass is 10.3. The zero-order chi connectivity index (χ0) is 20.1. The molecule has 0 aliphatic rings. The molecule has 9 heteroatoms. The van der Waals surface area contributed by atoms with E-state index in [1.54, 1.807) is 18.2 Å². The number of carboxylic acids is 3. The highest BCUT2D eigenvalue weighted by Gasteiger charge is 1.99. The summed E-state index contributed by atoms with van der Waals surface area (Å²) in [5.74, 6) is -2.82. The fraction of sp³-hybridized carbons (Fsp3) is 0. The number of aromatic nitrogens is 3. The van der Waals surface area contributed by atoms with Gasteiger partial charge in [0.25, 0.3) is 0 Å². The SMILES string of the molecule is O=C(O)c1cccnc1.O=C(O)c1cccnc1.O=C(O)c1cccnc1. The van der Waals surface area contributed by atoms with Gasteiger partial charge >= 0.3 is 17.9 Å². The molecule has 3 N–H and O–H groups in total. The first-order valence-electron chi connectivity index (χ1n) is 7.31. The van der Waals surface area contributed by atoms with E-state index in [2.05, 4.69) is 15.0 Å². The molecular weight excluding hydrogens is 354 g/mol. The summed E-state index contributed by atoms with van der Waals surface area (Å²) in [6.45, 7) is 0. The predicted molar refractivity (Wildman–Crippen MR) is 93.6 cm³/mol. The molecule has 0 aromatic carbocycles. The summed E-state index contributed by atoms with van der Waals surface area (Å²) in [5.41, 5.74) is 0.660. The average Bonchev–Trinajstić information content (AvgIpc) is 2.71. The summed E-state index contributed by atoms with van der Waals surface area (Å²) < 4.78 is 0. The van der Waals surface area contributed by atoms with Gasteiger partial charge in [0.15, 0.2) is 0 Å². The van der Waals surface area contributed by atoms with Crippen LogP contribution in [0.4, 0.5) is 0 Å². The minimum atomic E-state index is -0.942. The summed E-state index contributed by atoms with van der Waals surface area (Å²) in [6, 6.07) is 9.25. The van der Waals surface area contributed by atoms with Crippen LogP contribution in [0.15, 0.2) is 73.6 Å². The molecule has 9 nitrogen and oxygen atoms in total. The summed E-state index contributed by atoms with van der Waals surface area (Å²) in [7, 11) is 0. The molecule has 0 aliphatic heterocycles. The van der Waals surface area contributed by atoms with Gasteiger partial charge in [-0.3, -0.25) is 15.0 Å². The predicted octanol–water partition coefficient (Wildman–Crippen LogP) is 2.34. The number of aromatic carboxylic acids is 3. The van der Waals surface area contributed by atoms with Crippen LogP contribution in [0, 0.1) is 0 Å². The topological polar surface area (TPSA) is 151 Å². The van der Waals surface area contributed by atoms with Crippen LogP contribution in [0.5, 0.6) is 0 Å². The Morgan fingerprint density at radius 2 is 0.815 bits per heavy atom. The molecule has 138 valence electrons. The van der Waals surface area contributed by atoms with E-state index in [1.165, 1.54) is 55.4 Å². The van der Waals surface area contributed by atoms with Crippen LogP contribution in [0.25, 0.3) is 0 Å². The number of pyridine rings is 3. The van der Waals surface area contributed by atoms with E-state index in [1.807, 2.05) is 0 Å². The third-order valence-corrected chi connectivity index (χ3v) is 2.73. The van der Waals surface area contributed by atoms with E-state index in [9.17, 15) is 14.4 Å². The highest BCUT2D eigenvalue weighted by Crippen LogP contribution is 1.94. The maximum Gasteiger partial charge on any atom is 0.337 e. The monoisotopic (exact) mass is 369 g/mol. The number of hydrogen-bond acceptors (Lipinski definition) is 6. The summed E-state index contributed by atoms with van der Waals surface area (Å²) in [4.78, 5) is 41.4. The second-order valence-electron chi connectivity index (χ2n) is 4.64. The molecule has 3 aromatic rings. The fourth-order valence-electron chi connectivity index (χ4n) is 1.47. The van der Waals surface area contributed by atoms with Crippen molar-refractivity contribution in [3.05, 3.63) is 90.3 Å². The van der Waals surface area contributed by atoms with Gasteiger partial charge in [0.05, 0.1) is 16.7 Å². The van der Waals surface area contributed by atoms with Crippen LogP contribution >= 0.6 is 0 Å². The zero-order valence-corrected chi connectivity index (χ0v) is 13.8. The van der Waals surface area contributed by atoms with Crippen LogP contribution in [0.3, 0.4) is 0 Å². The van der Waals surface area contributed by atoms with Gasteiger partial charge in [0.2, 0.25) is 0 Å². The van der Waals surface area contributed by atoms with Crippen molar-refractivity contribution in [1.82, 2.24) is 15.0 Å². The van der Waals surface area contributed by atoms with Gasteiger partial charge in [-0.1, -0.05) is 0 Å². The van der Waals surface area contributed by atoms with Gasteiger partial charge in [0, 0.05) is 37.2 Å². The average molecular weight is 369 g/mol. The van der Waals surface area contributed by atoms with E-state index in [4.69, 9.17) is 15.3 Å². The summed E-state index contributed by atoms with van der Waals surface area (Å²) >= 11 is 0. The lowest BCUT2D eigenvalue weighted by molar-refractivity contribution is 0.0685. The fourth-order valence-corrected chi connectivity index (χ4v) is 1.47. The van der Waals surface area contributed by atoms with E-state index in [0.717, 1.165) is 0 Å². The molecule has 3 rings (SSSR count). The Kier molecular flexibility index (Phi) is 8.84. The molecule has 0 amide bonds. The first-order valence-corrected chi connectivity index (χ1v) is 7.31. The molecule has 3 aromatic heterocycles. The third-order valence-electron chi connectivity index (χ3n) is 2.73. The Morgan fingerprint density at radius 1 is 0.556 bits per heavy atom. The Morgan fingerprint density at radius 3 is 0.926 bits per heavy atom. The highest BCUT2D eigenvalue weighted by molar-refractivity contribution is 5.87. The van der Waals surface area contributed by atoms with Crippen LogP contribution in [0.1, 0.15) is 31.1 Å². The quantitative estimate of drug-likeness (QED) is 0.631. The van der Waals surface area contributed by atoms with Crippen LogP contribution in [0.2, 0.25) is 0 Å². The number of carboxylic acid groups (broad SMARTS) is 3. The largest absolute Gasteiger partial charge is 0.478 e. The van der Waals surface area contributed by atoms with Crippen molar-refractivity contribution in [2.75, 3.05) is 0 Å². The molecule has 3 heterocycles. The lowest BCUT2D eigenvalue weighted by Crippen LogP contribution is -1.94. The molecule has 27 heavy (non-hydrogen) atoms. The molecule has 0 unspecified atom stereocenters. The number of rotatable bonds is 3. The van der Waals surface area contributed by atoms with Crippen LogP contribution in [-0.4, -0.2) is 48.2 Å². The molecule has 0 bridgehead atoms. The van der Waals surface area contributed by atoms with Crippen molar-refractivity contribution in [3.63, 3.8) is 0 Å². The standard InChI is InChI=1S/3C6H5NO2/c3*8-6(9)5-2-1-3-7-4-5/h3*1-4H,(H,8,9). The Bertz CT molecular complexity index is 740. The van der Waals surface area contributed by atoms with E-state index in [0.29, 0.717) is 0 Å². The van der Waals surface area contributed by atoms with Crippen LogP contribution < -0.4 is 0 Å². The Labute approximate surface area is 153 Å². The van der Waals surface area contributed by atoms with E-state index in [-0.39, 0.29) is 16.7 Å². The van der Waals surface area contributed by atoms with Gasteiger partial charge in [-0.25, -0.2) is 14.4 Å². The summed E-state index contributed by atoms with van der Waals surface area (Å²) in [5, 5.41) is 25.0. The molecule has 0 atom stereocenters. The second kappa shape index (κ2) is 11.4. The highest BCUT2D eigenvalue weighted by atomic mass is 16.4. The van der Waals surface area contributed by atoms with Gasteiger partial charge in [0.1, 0.15) is 0 Å². The maximum absolute atomic E-state index is 10.2. The van der Waals surface area contributed by atoms with Crippen molar-refractivity contribution in [2.24, 2.45) is 0 Å². The molecule has 0 radical (unpaired) electrons.